The van der Waals surface area contributed by atoms with E-state index in [0.717, 1.165) is 78.4 Å². The van der Waals surface area contributed by atoms with Crippen molar-refractivity contribution in [3.8, 4) is 0 Å². The Morgan fingerprint density at radius 1 is 0.962 bits per heavy atom. The van der Waals surface area contributed by atoms with Gasteiger partial charge in [0, 0.05) is 70.8 Å². The van der Waals surface area contributed by atoms with Crippen molar-refractivity contribution in [1.82, 2.24) is 14.7 Å². The summed E-state index contributed by atoms with van der Waals surface area (Å²) in [6, 6.07) is 10.7. The Hall–Kier alpha value is -1.43. The van der Waals surface area contributed by atoms with E-state index in [1.165, 1.54) is 5.56 Å². The normalized spacial score (nSPS) is 28.2. The first-order valence-electron chi connectivity index (χ1n) is 10.1. The van der Waals surface area contributed by atoms with Crippen LogP contribution < -0.4 is 0 Å². The molecular weight excluding hydrogens is 326 g/mol. The number of amides is 1. The number of nitrogens with zero attached hydrogens (tertiary/aromatic N) is 3. The zero-order chi connectivity index (χ0) is 17.8. The van der Waals surface area contributed by atoms with Gasteiger partial charge in [0.2, 0.25) is 5.91 Å². The van der Waals surface area contributed by atoms with Gasteiger partial charge >= 0.3 is 0 Å². The molecule has 3 saturated heterocycles. The lowest BCUT2D eigenvalue weighted by molar-refractivity contribution is -0.137. The third kappa shape index (κ3) is 4.27. The maximum atomic E-state index is 12.3. The fourth-order valence-electron chi connectivity index (χ4n) is 4.55. The summed E-state index contributed by atoms with van der Waals surface area (Å²) in [5.74, 6) is 0.338. The lowest BCUT2D eigenvalue weighted by atomic mass is 9.79. The summed E-state index contributed by atoms with van der Waals surface area (Å²) in [4.78, 5) is 19.5. The fraction of sp³-hybridized carbons (Fsp3) is 0.667. The minimum atomic E-state index is 0.252. The maximum Gasteiger partial charge on any atom is 0.222 e. The molecule has 0 saturated carbocycles. The molecule has 5 heteroatoms. The molecule has 1 amide bonds. The molecule has 0 aromatic heterocycles. The van der Waals surface area contributed by atoms with E-state index in [-0.39, 0.29) is 5.41 Å². The standard InChI is InChI=1S/C21H31N3O2/c25-20-6-7-21(8-15-26-18-21)17-24(20)14-13-22-9-11-23(12-10-22)16-19-4-2-1-3-5-19/h1-5H,6-18H2/t21-/m0/s1. The van der Waals surface area contributed by atoms with Crippen molar-refractivity contribution in [2.75, 3.05) is 59.0 Å². The second-order valence-electron chi connectivity index (χ2n) is 8.22. The molecule has 5 nitrogen and oxygen atoms in total. The van der Waals surface area contributed by atoms with Crippen LogP contribution in [0.15, 0.2) is 30.3 Å². The number of likely N-dealkylation sites (tertiary alicyclic amines) is 1. The highest BCUT2D eigenvalue weighted by Gasteiger charge is 2.41. The van der Waals surface area contributed by atoms with Gasteiger partial charge in [-0.2, -0.15) is 0 Å². The van der Waals surface area contributed by atoms with Crippen molar-refractivity contribution in [2.24, 2.45) is 5.41 Å². The van der Waals surface area contributed by atoms with Crippen LogP contribution in [0.1, 0.15) is 24.8 Å². The van der Waals surface area contributed by atoms with Gasteiger partial charge in [0.15, 0.2) is 0 Å². The number of carbonyl (C=O) groups excluding carboxylic acids is 1. The van der Waals surface area contributed by atoms with E-state index < -0.39 is 0 Å². The van der Waals surface area contributed by atoms with Crippen molar-refractivity contribution in [1.29, 1.82) is 0 Å². The van der Waals surface area contributed by atoms with Crippen LogP contribution in [0, 0.1) is 5.41 Å². The summed E-state index contributed by atoms with van der Waals surface area (Å²) in [5.41, 5.74) is 1.64. The first-order chi connectivity index (χ1) is 12.7. The van der Waals surface area contributed by atoms with E-state index in [9.17, 15) is 4.79 Å². The lowest BCUT2D eigenvalue weighted by Gasteiger charge is -2.41. The van der Waals surface area contributed by atoms with Gasteiger partial charge in [-0.25, -0.2) is 0 Å². The highest BCUT2D eigenvalue weighted by atomic mass is 16.5. The second kappa shape index (κ2) is 8.07. The molecule has 26 heavy (non-hydrogen) atoms. The van der Waals surface area contributed by atoms with Crippen LogP contribution in [0.2, 0.25) is 0 Å². The van der Waals surface area contributed by atoms with Gasteiger partial charge in [0.1, 0.15) is 0 Å². The van der Waals surface area contributed by atoms with E-state index >= 15 is 0 Å². The Morgan fingerprint density at radius 2 is 1.73 bits per heavy atom. The number of benzene rings is 1. The third-order valence-corrected chi connectivity index (χ3v) is 6.33. The predicted octanol–water partition coefficient (Wildman–Crippen LogP) is 1.83. The van der Waals surface area contributed by atoms with E-state index in [2.05, 4.69) is 45.0 Å². The van der Waals surface area contributed by atoms with Crippen LogP contribution in [0.3, 0.4) is 0 Å². The average Bonchev–Trinajstić information content (AvgIpc) is 3.13. The Labute approximate surface area is 156 Å². The molecule has 0 unspecified atom stereocenters. The highest BCUT2D eigenvalue weighted by Crippen LogP contribution is 2.37. The summed E-state index contributed by atoms with van der Waals surface area (Å²) in [5, 5.41) is 0. The van der Waals surface area contributed by atoms with Crippen molar-refractivity contribution in [2.45, 2.75) is 25.8 Å². The smallest absolute Gasteiger partial charge is 0.222 e. The molecular formula is C21H31N3O2. The molecule has 3 aliphatic rings. The molecule has 3 heterocycles. The monoisotopic (exact) mass is 357 g/mol. The van der Waals surface area contributed by atoms with Crippen LogP contribution in [-0.2, 0) is 16.1 Å². The van der Waals surface area contributed by atoms with E-state index in [1.54, 1.807) is 0 Å². The Kier molecular flexibility index (Phi) is 5.57. The molecule has 4 rings (SSSR count). The number of hydrogen-bond donors (Lipinski definition) is 0. The SMILES string of the molecule is O=C1CC[C@]2(CCOC2)CN1CCN1CCN(Cc2ccccc2)CC1. The Bertz CT molecular complexity index is 593. The Morgan fingerprint density at radius 3 is 2.46 bits per heavy atom. The molecule has 1 aromatic rings. The molecule has 0 radical (unpaired) electrons. The van der Waals surface area contributed by atoms with Gasteiger partial charge in [-0.15, -0.1) is 0 Å². The van der Waals surface area contributed by atoms with Gasteiger partial charge < -0.3 is 9.64 Å². The fourth-order valence-corrected chi connectivity index (χ4v) is 4.55. The summed E-state index contributed by atoms with van der Waals surface area (Å²) in [6.45, 7) is 9.95. The number of carbonyl (C=O) groups is 1. The molecule has 0 bridgehead atoms. The minimum Gasteiger partial charge on any atom is -0.381 e. The number of hydrogen-bond acceptors (Lipinski definition) is 4. The zero-order valence-corrected chi connectivity index (χ0v) is 15.7. The van der Waals surface area contributed by atoms with Gasteiger partial charge in [0.25, 0.3) is 0 Å². The number of piperazine rings is 1. The average molecular weight is 357 g/mol. The largest absolute Gasteiger partial charge is 0.381 e. The van der Waals surface area contributed by atoms with Crippen LogP contribution in [0.5, 0.6) is 0 Å². The maximum absolute atomic E-state index is 12.3. The lowest BCUT2D eigenvalue weighted by Crippen LogP contribution is -2.51. The highest BCUT2D eigenvalue weighted by molar-refractivity contribution is 5.77. The number of ether oxygens (including phenoxy) is 1. The van der Waals surface area contributed by atoms with Gasteiger partial charge in [-0.1, -0.05) is 30.3 Å². The van der Waals surface area contributed by atoms with E-state index in [4.69, 9.17) is 4.74 Å². The van der Waals surface area contributed by atoms with Crippen LogP contribution >= 0.6 is 0 Å². The third-order valence-electron chi connectivity index (χ3n) is 6.33. The van der Waals surface area contributed by atoms with Gasteiger partial charge in [-0.3, -0.25) is 14.6 Å². The van der Waals surface area contributed by atoms with Gasteiger partial charge in [-0.05, 0) is 18.4 Å². The summed E-state index contributed by atoms with van der Waals surface area (Å²) >= 11 is 0. The predicted molar refractivity (Wildman–Crippen MR) is 102 cm³/mol. The molecule has 3 aliphatic heterocycles. The van der Waals surface area contributed by atoms with Crippen LogP contribution in [-0.4, -0.2) is 79.6 Å². The Balaban J connectivity index is 1.21. The zero-order valence-electron chi connectivity index (χ0n) is 15.7. The first kappa shape index (κ1) is 18.0. The number of rotatable bonds is 5. The molecule has 3 fully saturated rings. The van der Waals surface area contributed by atoms with E-state index in [1.807, 2.05) is 0 Å². The van der Waals surface area contributed by atoms with E-state index in [0.29, 0.717) is 12.3 Å². The van der Waals surface area contributed by atoms with Crippen molar-refractivity contribution in [3.05, 3.63) is 35.9 Å². The second-order valence-corrected chi connectivity index (χ2v) is 8.22. The quantitative estimate of drug-likeness (QED) is 0.806. The molecule has 0 N–H and O–H groups in total. The van der Waals surface area contributed by atoms with Gasteiger partial charge in [0.05, 0.1) is 6.61 Å². The molecule has 142 valence electrons. The van der Waals surface area contributed by atoms with Crippen LogP contribution in [0.25, 0.3) is 0 Å². The van der Waals surface area contributed by atoms with Crippen molar-refractivity contribution < 1.29 is 9.53 Å². The molecule has 1 atom stereocenters. The number of piperidine rings is 1. The first-order valence-corrected chi connectivity index (χ1v) is 10.1. The molecule has 1 spiro atoms. The van der Waals surface area contributed by atoms with Crippen molar-refractivity contribution >= 4 is 5.91 Å². The summed E-state index contributed by atoms with van der Waals surface area (Å²) < 4.78 is 5.62. The summed E-state index contributed by atoms with van der Waals surface area (Å²) in [7, 11) is 0. The van der Waals surface area contributed by atoms with Crippen LogP contribution in [0.4, 0.5) is 0 Å². The van der Waals surface area contributed by atoms with Crippen molar-refractivity contribution in [3.63, 3.8) is 0 Å². The molecule has 1 aromatic carbocycles. The minimum absolute atomic E-state index is 0.252. The molecule has 0 aliphatic carbocycles. The topological polar surface area (TPSA) is 36.0 Å². The summed E-state index contributed by atoms with van der Waals surface area (Å²) in [6.07, 6.45) is 2.84.